The first-order valence-electron chi connectivity index (χ1n) is 9.19. The molecule has 27 heavy (non-hydrogen) atoms. The number of nitrogens with zero attached hydrogens (tertiary/aromatic N) is 3. The predicted molar refractivity (Wildman–Crippen MR) is 111 cm³/mol. The molecule has 5 nitrogen and oxygen atoms in total. The molecule has 1 amide bonds. The van der Waals surface area contributed by atoms with Gasteiger partial charge in [-0.15, -0.1) is 0 Å². The summed E-state index contributed by atoms with van der Waals surface area (Å²) in [4.78, 5) is 21.1. The van der Waals surface area contributed by atoms with Crippen molar-refractivity contribution in [3.05, 3.63) is 60.1 Å². The number of hydrogen-bond donors (Lipinski definition) is 0. The van der Waals surface area contributed by atoms with Gasteiger partial charge in [0.2, 0.25) is 0 Å². The number of carbonyl (C=O) groups excluding carboxylic acids is 1. The SMILES string of the molecule is CCN(CC)c1cc(C)c2cc(N(C)C(=O)/C=C/c3ccco3)ccc2n1. The monoisotopic (exact) mass is 363 g/mol. The molecule has 3 aromatic rings. The lowest BCUT2D eigenvalue weighted by atomic mass is 10.1. The number of rotatable bonds is 6. The van der Waals surface area contributed by atoms with Crippen LogP contribution >= 0.6 is 0 Å². The summed E-state index contributed by atoms with van der Waals surface area (Å²) in [7, 11) is 1.77. The first-order valence-corrected chi connectivity index (χ1v) is 9.19. The van der Waals surface area contributed by atoms with Crippen molar-refractivity contribution in [3.8, 4) is 0 Å². The Hall–Kier alpha value is -3.08. The summed E-state index contributed by atoms with van der Waals surface area (Å²) >= 11 is 0. The van der Waals surface area contributed by atoms with Crippen LogP contribution in [0.2, 0.25) is 0 Å². The van der Waals surface area contributed by atoms with Crippen molar-refractivity contribution < 1.29 is 9.21 Å². The maximum atomic E-state index is 12.5. The van der Waals surface area contributed by atoms with Crippen molar-refractivity contribution in [2.24, 2.45) is 0 Å². The fraction of sp³-hybridized carbons (Fsp3) is 0.273. The van der Waals surface area contributed by atoms with Gasteiger partial charge >= 0.3 is 0 Å². The van der Waals surface area contributed by atoms with Gasteiger partial charge in [-0.2, -0.15) is 0 Å². The van der Waals surface area contributed by atoms with E-state index in [4.69, 9.17) is 9.40 Å². The Kier molecular flexibility index (Phi) is 5.60. The molecule has 0 N–H and O–H groups in total. The maximum absolute atomic E-state index is 12.5. The number of anilines is 2. The number of likely N-dealkylation sites (N-methyl/N-ethyl adjacent to an activating group) is 1. The van der Waals surface area contributed by atoms with E-state index in [0.29, 0.717) is 5.76 Å². The first kappa shape index (κ1) is 18.7. The highest BCUT2D eigenvalue weighted by atomic mass is 16.3. The number of amides is 1. The van der Waals surface area contributed by atoms with Crippen molar-refractivity contribution in [2.75, 3.05) is 29.9 Å². The van der Waals surface area contributed by atoms with Crippen LogP contribution in [0.1, 0.15) is 25.2 Å². The average Bonchev–Trinajstić information content (AvgIpc) is 3.20. The highest BCUT2D eigenvalue weighted by Crippen LogP contribution is 2.26. The Morgan fingerprint density at radius 3 is 2.63 bits per heavy atom. The zero-order valence-electron chi connectivity index (χ0n) is 16.3. The third-order valence-corrected chi connectivity index (χ3v) is 4.72. The lowest BCUT2D eigenvalue weighted by Crippen LogP contribution is -2.24. The Balaban J connectivity index is 1.88. The quantitative estimate of drug-likeness (QED) is 0.598. The highest BCUT2D eigenvalue weighted by molar-refractivity contribution is 6.04. The fourth-order valence-corrected chi connectivity index (χ4v) is 3.06. The predicted octanol–water partition coefficient (Wildman–Crippen LogP) is 4.66. The Labute approximate surface area is 159 Å². The lowest BCUT2D eigenvalue weighted by molar-refractivity contribution is -0.113. The molecule has 0 saturated carbocycles. The Morgan fingerprint density at radius 2 is 1.96 bits per heavy atom. The van der Waals surface area contributed by atoms with Crippen LogP contribution in [0.25, 0.3) is 17.0 Å². The van der Waals surface area contributed by atoms with E-state index in [0.717, 1.165) is 41.1 Å². The second-order valence-electron chi connectivity index (χ2n) is 6.42. The molecule has 3 rings (SSSR count). The van der Waals surface area contributed by atoms with Crippen LogP contribution in [0.5, 0.6) is 0 Å². The molecule has 0 radical (unpaired) electrons. The minimum absolute atomic E-state index is 0.115. The molecular formula is C22H25N3O2. The molecule has 0 aliphatic carbocycles. The van der Waals surface area contributed by atoms with Gasteiger partial charge in [-0.05, 0) is 68.8 Å². The second-order valence-corrected chi connectivity index (χ2v) is 6.42. The van der Waals surface area contributed by atoms with Crippen LogP contribution in [-0.4, -0.2) is 31.0 Å². The van der Waals surface area contributed by atoms with Gasteiger partial charge in [0.1, 0.15) is 11.6 Å². The van der Waals surface area contributed by atoms with Gasteiger partial charge in [-0.3, -0.25) is 4.79 Å². The van der Waals surface area contributed by atoms with Crippen molar-refractivity contribution in [3.63, 3.8) is 0 Å². The molecule has 0 aliphatic heterocycles. The maximum Gasteiger partial charge on any atom is 0.250 e. The van der Waals surface area contributed by atoms with E-state index < -0.39 is 0 Å². The number of hydrogen-bond acceptors (Lipinski definition) is 4. The summed E-state index contributed by atoms with van der Waals surface area (Å²) in [5, 5.41) is 1.05. The third-order valence-electron chi connectivity index (χ3n) is 4.72. The van der Waals surface area contributed by atoms with Crippen LogP contribution in [0.15, 0.2) is 53.2 Å². The van der Waals surface area contributed by atoms with Crippen LogP contribution in [0.3, 0.4) is 0 Å². The Bertz CT molecular complexity index is 957. The number of pyridine rings is 1. The number of carbonyl (C=O) groups is 1. The number of aryl methyl sites for hydroxylation is 1. The smallest absolute Gasteiger partial charge is 0.250 e. The standard InChI is InChI=1S/C22H25N3O2/c1-5-25(6-2)21-14-16(3)19-15-17(9-11-20(19)23-21)24(4)22(26)12-10-18-8-7-13-27-18/h7-15H,5-6H2,1-4H3/b12-10+. The molecular weight excluding hydrogens is 338 g/mol. The van der Waals surface area contributed by atoms with Crippen molar-refractivity contribution >= 4 is 34.4 Å². The fourth-order valence-electron chi connectivity index (χ4n) is 3.06. The summed E-state index contributed by atoms with van der Waals surface area (Å²) in [6.45, 7) is 8.19. The van der Waals surface area contributed by atoms with Crippen LogP contribution < -0.4 is 9.80 Å². The Morgan fingerprint density at radius 1 is 1.19 bits per heavy atom. The van der Waals surface area contributed by atoms with Crippen molar-refractivity contribution in [1.82, 2.24) is 4.98 Å². The molecule has 0 fully saturated rings. The molecule has 2 aromatic heterocycles. The zero-order chi connectivity index (χ0) is 19.4. The van der Waals surface area contributed by atoms with Gasteiger partial charge in [0, 0.05) is 37.3 Å². The van der Waals surface area contributed by atoms with Crippen molar-refractivity contribution in [2.45, 2.75) is 20.8 Å². The molecule has 0 bridgehead atoms. The van der Waals surface area contributed by atoms with Crippen LogP contribution in [0.4, 0.5) is 11.5 Å². The summed E-state index contributed by atoms with van der Waals surface area (Å²) in [6.07, 6.45) is 4.76. The van der Waals surface area contributed by atoms with E-state index in [1.165, 1.54) is 6.08 Å². The van der Waals surface area contributed by atoms with Gasteiger partial charge in [0.05, 0.1) is 11.8 Å². The summed E-state index contributed by atoms with van der Waals surface area (Å²) in [6, 6.07) is 11.6. The molecule has 140 valence electrons. The van der Waals surface area contributed by atoms with Crippen LogP contribution in [0, 0.1) is 6.92 Å². The van der Waals surface area contributed by atoms with E-state index >= 15 is 0 Å². The minimum atomic E-state index is -0.115. The summed E-state index contributed by atoms with van der Waals surface area (Å²) in [5.74, 6) is 1.53. The molecule has 0 aliphatic rings. The molecule has 0 unspecified atom stereocenters. The lowest BCUT2D eigenvalue weighted by Gasteiger charge is -2.21. The second kappa shape index (κ2) is 8.08. The van der Waals surface area contributed by atoms with Crippen molar-refractivity contribution in [1.29, 1.82) is 0 Å². The average molecular weight is 363 g/mol. The van der Waals surface area contributed by atoms with Gasteiger partial charge in [-0.25, -0.2) is 4.98 Å². The number of benzene rings is 1. The largest absolute Gasteiger partial charge is 0.465 e. The number of furan rings is 1. The molecule has 0 spiro atoms. The van der Waals surface area contributed by atoms with E-state index in [2.05, 4.69) is 31.7 Å². The first-order chi connectivity index (χ1) is 13.0. The minimum Gasteiger partial charge on any atom is -0.465 e. The molecule has 0 saturated heterocycles. The van der Waals surface area contributed by atoms with Crippen LogP contribution in [-0.2, 0) is 4.79 Å². The number of fused-ring (bicyclic) bond motifs is 1. The van der Waals surface area contributed by atoms with Gasteiger partial charge in [-0.1, -0.05) is 0 Å². The topological polar surface area (TPSA) is 49.6 Å². The summed E-state index contributed by atoms with van der Waals surface area (Å²) in [5.41, 5.74) is 2.92. The van der Waals surface area contributed by atoms with Gasteiger partial charge in [0.15, 0.2) is 0 Å². The normalized spacial score (nSPS) is 11.3. The number of aromatic nitrogens is 1. The molecule has 2 heterocycles. The molecule has 0 atom stereocenters. The van der Waals surface area contributed by atoms with E-state index in [-0.39, 0.29) is 5.91 Å². The van der Waals surface area contributed by atoms with Gasteiger partial charge < -0.3 is 14.2 Å². The van der Waals surface area contributed by atoms with E-state index in [1.807, 2.05) is 24.3 Å². The summed E-state index contributed by atoms with van der Waals surface area (Å²) < 4.78 is 5.22. The zero-order valence-corrected chi connectivity index (χ0v) is 16.3. The van der Waals surface area contributed by atoms with E-state index in [9.17, 15) is 4.79 Å². The molecule has 5 heteroatoms. The van der Waals surface area contributed by atoms with E-state index in [1.54, 1.807) is 30.4 Å². The van der Waals surface area contributed by atoms with Gasteiger partial charge in [0.25, 0.3) is 5.91 Å². The molecule has 1 aromatic carbocycles. The highest BCUT2D eigenvalue weighted by Gasteiger charge is 2.12. The third kappa shape index (κ3) is 4.03.